The van der Waals surface area contributed by atoms with Gasteiger partial charge in [-0.15, -0.1) is 0 Å². The molecule has 2 aromatic carbocycles. The highest BCUT2D eigenvalue weighted by molar-refractivity contribution is 6.10. The van der Waals surface area contributed by atoms with Crippen molar-refractivity contribution in [3.8, 4) is 11.5 Å². The molecular formula is C27H29N3O5. The maximum Gasteiger partial charge on any atom is 0.325 e. The molecule has 0 aliphatic carbocycles. The molecule has 0 bridgehead atoms. The van der Waals surface area contributed by atoms with E-state index in [1.54, 1.807) is 31.2 Å². The van der Waals surface area contributed by atoms with Crippen molar-refractivity contribution < 1.29 is 23.9 Å². The van der Waals surface area contributed by atoms with E-state index >= 15 is 0 Å². The number of ketones is 1. The van der Waals surface area contributed by atoms with Crippen LogP contribution >= 0.6 is 0 Å². The number of ether oxygens (including phenoxy) is 2. The Labute approximate surface area is 204 Å². The molecule has 1 fully saturated rings. The monoisotopic (exact) mass is 475 g/mol. The molecule has 0 spiro atoms. The highest BCUT2D eigenvalue weighted by atomic mass is 16.5. The minimum absolute atomic E-state index is 0.320. The predicted octanol–water partition coefficient (Wildman–Crippen LogP) is 3.50. The molecule has 8 nitrogen and oxygen atoms in total. The van der Waals surface area contributed by atoms with Gasteiger partial charge >= 0.3 is 6.03 Å². The van der Waals surface area contributed by atoms with Crippen molar-refractivity contribution in [2.45, 2.75) is 38.1 Å². The zero-order chi connectivity index (χ0) is 25.0. The maximum absolute atomic E-state index is 13.4. The number of hydrogen-bond acceptors (Lipinski definition) is 6. The number of carbonyl (C=O) groups excluding carboxylic acids is 3. The summed E-state index contributed by atoms with van der Waals surface area (Å²) in [6.45, 7) is 6.49. The van der Waals surface area contributed by atoms with E-state index in [4.69, 9.17) is 9.47 Å². The largest absolute Gasteiger partial charge is 0.490 e. The third-order valence-corrected chi connectivity index (χ3v) is 7.15. The molecule has 182 valence electrons. The number of imide groups is 1. The maximum atomic E-state index is 13.4. The van der Waals surface area contributed by atoms with Crippen molar-refractivity contribution in [2.75, 3.05) is 31.7 Å². The molecule has 8 heteroatoms. The summed E-state index contributed by atoms with van der Waals surface area (Å²) in [5.74, 6) is 0.341. The van der Waals surface area contributed by atoms with Crippen molar-refractivity contribution in [3.05, 3.63) is 65.4 Å². The molecule has 1 saturated heterocycles. The number of fused-ring (bicyclic) bond motifs is 2. The van der Waals surface area contributed by atoms with Gasteiger partial charge in [0.1, 0.15) is 5.54 Å². The molecule has 3 aliphatic heterocycles. The van der Waals surface area contributed by atoms with Crippen LogP contribution < -0.4 is 19.7 Å². The molecule has 35 heavy (non-hydrogen) atoms. The molecule has 0 radical (unpaired) electrons. The Balaban J connectivity index is 1.38. The number of anilines is 1. The van der Waals surface area contributed by atoms with Crippen LogP contribution in [-0.4, -0.2) is 49.4 Å². The van der Waals surface area contributed by atoms with Crippen LogP contribution in [0.5, 0.6) is 11.5 Å². The number of nitrogens with one attached hydrogen (secondary N) is 1. The van der Waals surface area contributed by atoms with E-state index in [-0.39, 0.29) is 17.7 Å². The number of allylic oxidation sites excluding steroid dienone is 1. The average Bonchev–Trinajstić information content (AvgIpc) is 3.06. The Morgan fingerprint density at radius 2 is 1.77 bits per heavy atom. The molecule has 0 aromatic heterocycles. The first-order valence-electron chi connectivity index (χ1n) is 11.8. The summed E-state index contributed by atoms with van der Waals surface area (Å²) in [5, 5.41) is 2.76. The van der Waals surface area contributed by atoms with Gasteiger partial charge in [-0.3, -0.25) is 14.5 Å². The van der Waals surface area contributed by atoms with E-state index in [1.807, 2.05) is 30.1 Å². The van der Waals surface area contributed by atoms with Crippen LogP contribution in [0.25, 0.3) is 0 Å². The second-order valence-corrected chi connectivity index (χ2v) is 9.86. The number of rotatable bonds is 4. The Morgan fingerprint density at radius 3 is 2.51 bits per heavy atom. The van der Waals surface area contributed by atoms with Crippen LogP contribution in [0.3, 0.4) is 0 Å². The molecule has 2 aromatic rings. The van der Waals surface area contributed by atoms with Gasteiger partial charge in [0.15, 0.2) is 17.3 Å². The molecular weight excluding hydrogens is 446 g/mol. The zero-order valence-corrected chi connectivity index (χ0v) is 20.4. The summed E-state index contributed by atoms with van der Waals surface area (Å²) < 4.78 is 11.4. The molecule has 3 aliphatic rings. The minimum atomic E-state index is -1.31. The molecule has 3 heterocycles. The smallest absolute Gasteiger partial charge is 0.325 e. The number of amides is 3. The predicted molar refractivity (Wildman–Crippen MR) is 131 cm³/mol. The van der Waals surface area contributed by atoms with Gasteiger partial charge in [-0.25, -0.2) is 4.79 Å². The molecule has 0 saturated carbocycles. The molecule has 1 unspecified atom stereocenters. The normalized spacial score (nSPS) is 23.8. The molecule has 3 amide bonds. The fourth-order valence-corrected chi connectivity index (χ4v) is 5.12. The van der Waals surface area contributed by atoms with Gasteiger partial charge in [-0.1, -0.05) is 38.1 Å². The minimum Gasteiger partial charge on any atom is -0.490 e. The third kappa shape index (κ3) is 3.64. The summed E-state index contributed by atoms with van der Waals surface area (Å²) in [6, 6.07) is 12.6. The Kier molecular flexibility index (Phi) is 5.34. The van der Waals surface area contributed by atoms with Crippen molar-refractivity contribution in [3.63, 3.8) is 0 Å². The number of carbonyl (C=O) groups is 3. The first-order valence-corrected chi connectivity index (χ1v) is 11.8. The summed E-state index contributed by atoms with van der Waals surface area (Å²) in [5.41, 5.74) is 1.86. The highest BCUT2D eigenvalue weighted by Crippen LogP contribution is 2.46. The standard InChI is InChI=1S/C27H29N3O5/c1-26(2)19-8-5-6-9-20(19)29(4)23(26)15-18(31)16-30-24(32)27(3,28-25(30)33)17-10-11-21-22(14-17)35-13-7-12-34-21/h5-6,8-11,14-15H,7,12-13,16H2,1-4H3,(H,28,33)/b23-15-. The van der Waals surface area contributed by atoms with Crippen molar-refractivity contribution in [1.82, 2.24) is 10.2 Å². The van der Waals surface area contributed by atoms with Gasteiger partial charge in [0.05, 0.1) is 19.8 Å². The second-order valence-electron chi connectivity index (χ2n) is 9.86. The lowest BCUT2D eigenvalue weighted by atomic mass is 9.83. The summed E-state index contributed by atoms with van der Waals surface area (Å²) >= 11 is 0. The number of urea groups is 1. The molecule has 5 rings (SSSR count). The van der Waals surface area contributed by atoms with Gasteiger partial charge in [-0.05, 0) is 36.2 Å². The number of benzene rings is 2. The first kappa shape index (κ1) is 23.0. The van der Waals surface area contributed by atoms with Crippen molar-refractivity contribution in [1.29, 1.82) is 0 Å². The Hall–Kier alpha value is -3.81. The zero-order valence-electron chi connectivity index (χ0n) is 20.4. The molecule has 1 atom stereocenters. The van der Waals surface area contributed by atoms with Gasteiger partial charge in [0.2, 0.25) is 0 Å². The van der Waals surface area contributed by atoms with Crippen molar-refractivity contribution in [2.24, 2.45) is 0 Å². The SMILES string of the molecule is CN1/C(=C\C(=O)CN2C(=O)NC(C)(c3ccc4c(c3)OCCCO4)C2=O)C(C)(C)c2ccccc21. The van der Waals surface area contributed by atoms with Gasteiger partial charge < -0.3 is 19.7 Å². The van der Waals surface area contributed by atoms with Crippen LogP contribution in [0.15, 0.2) is 54.2 Å². The van der Waals surface area contributed by atoms with E-state index in [2.05, 4.69) is 25.2 Å². The van der Waals surface area contributed by atoms with E-state index in [9.17, 15) is 14.4 Å². The number of nitrogens with zero attached hydrogens (tertiary/aromatic N) is 2. The topological polar surface area (TPSA) is 88.2 Å². The lowest BCUT2D eigenvalue weighted by Crippen LogP contribution is -2.41. The summed E-state index contributed by atoms with van der Waals surface area (Å²) in [6.07, 6.45) is 2.31. The van der Waals surface area contributed by atoms with E-state index in [0.29, 0.717) is 30.3 Å². The second kappa shape index (κ2) is 8.15. The summed E-state index contributed by atoms with van der Waals surface area (Å²) in [4.78, 5) is 42.3. The van der Waals surface area contributed by atoms with Crippen LogP contribution in [0.1, 0.15) is 38.3 Å². The number of likely N-dealkylation sites (N-methyl/N-ethyl adjacent to an activating group) is 1. The van der Waals surface area contributed by atoms with E-state index in [0.717, 1.165) is 28.3 Å². The average molecular weight is 476 g/mol. The highest BCUT2D eigenvalue weighted by Gasteiger charge is 2.50. The van der Waals surface area contributed by atoms with Crippen LogP contribution in [-0.2, 0) is 20.5 Å². The quantitative estimate of drug-likeness (QED) is 0.538. The van der Waals surface area contributed by atoms with E-state index in [1.165, 1.54) is 0 Å². The van der Waals surface area contributed by atoms with Crippen LogP contribution in [0.4, 0.5) is 10.5 Å². The fourth-order valence-electron chi connectivity index (χ4n) is 5.12. The van der Waals surface area contributed by atoms with Gasteiger partial charge in [-0.2, -0.15) is 0 Å². The fraction of sp³-hybridized carbons (Fsp3) is 0.370. The van der Waals surface area contributed by atoms with Gasteiger partial charge in [0.25, 0.3) is 5.91 Å². The van der Waals surface area contributed by atoms with E-state index < -0.39 is 17.5 Å². The Morgan fingerprint density at radius 1 is 1.06 bits per heavy atom. The lowest BCUT2D eigenvalue weighted by Gasteiger charge is -2.24. The molecule has 1 N–H and O–H groups in total. The summed E-state index contributed by atoms with van der Waals surface area (Å²) in [7, 11) is 1.92. The van der Waals surface area contributed by atoms with Gasteiger partial charge in [0, 0.05) is 36.3 Å². The number of para-hydroxylation sites is 1. The number of hydrogen-bond donors (Lipinski definition) is 1. The van der Waals surface area contributed by atoms with Crippen LogP contribution in [0, 0.1) is 0 Å². The lowest BCUT2D eigenvalue weighted by molar-refractivity contribution is -0.133. The first-order chi connectivity index (χ1) is 16.6. The van der Waals surface area contributed by atoms with Crippen LogP contribution in [0.2, 0.25) is 0 Å². The van der Waals surface area contributed by atoms with Crippen molar-refractivity contribution >= 4 is 23.4 Å². The Bertz CT molecular complexity index is 1270. The third-order valence-electron chi connectivity index (χ3n) is 7.15.